The van der Waals surface area contributed by atoms with E-state index in [0.29, 0.717) is 0 Å². The van der Waals surface area contributed by atoms with Crippen molar-refractivity contribution in [3.05, 3.63) is 29.0 Å². The Morgan fingerprint density at radius 3 is 2.59 bits per heavy atom. The molecule has 0 spiro atoms. The standard InChI is InChI=1S/C10H8ClF3N2O/c11-7-5-15-4-1-6(7)8(17)16-9(2-3-9)10(12,13)14/h1,4-5H,2-3H2,(H,16,17). The fourth-order valence-electron chi connectivity index (χ4n) is 1.45. The number of carbonyl (C=O) groups is 1. The van der Waals surface area contributed by atoms with Crippen LogP contribution in [0.25, 0.3) is 0 Å². The van der Waals surface area contributed by atoms with Crippen molar-refractivity contribution in [2.75, 3.05) is 0 Å². The number of halogens is 4. The number of nitrogens with one attached hydrogen (secondary N) is 1. The Hall–Kier alpha value is -1.30. The maximum absolute atomic E-state index is 12.6. The predicted octanol–water partition coefficient (Wildman–Crippen LogP) is 2.56. The Balaban J connectivity index is 2.16. The van der Waals surface area contributed by atoms with Gasteiger partial charge in [0.1, 0.15) is 5.54 Å². The summed E-state index contributed by atoms with van der Waals surface area (Å²) in [5, 5.41) is 2.02. The van der Waals surface area contributed by atoms with Crippen LogP contribution in [-0.2, 0) is 0 Å². The second kappa shape index (κ2) is 3.87. The van der Waals surface area contributed by atoms with Gasteiger partial charge in [0.05, 0.1) is 10.6 Å². The highest BCUT2D eigenvalue weighted by atomic mass is 35.5. The number of pyridine rings is 1. The normalized spacial score (nSPS) is 17.6. The smallest absolute Gasteiger partial charge is 0.338 e. The van der Waals surface area contributed by atoms with Gasteiger partial charge in [-0.3, -0.25) is 9.78 Å². The van der Waals surface area contributed by atoms with Crippen molar-refractivity contribution in [3.63, 3.8) is 0 Å². The highest BCUT2D eigenvalue weighted by Crippen LogP contribution is 2.49. The molecule has 0 unspecified atom stereocenters. The van der Waals surface area contributed by atoms with Gasteiger partial charge >= 0.3 is 6.18 Å². The second-order valence-corrected chi connectivity index (χ2v) is 4.30. The molecule has 0 aliphatic heterocycles. The first-order valence-corrected chi connectivity index (χ1v) is 5.22. The first-order valence-electron chi connectivity index (χ1n) is 4.84. The van der Waals surface area contributed by atoms with Crippen molar-refractivity contribution in [3.8, 4) is 0 Å². The van der Waals surface area contributed by atoms with E-state index in [1.807, 2.05) is 5.32 Å². The van der Waals surface area contributed by atoms with Gasteiger partial charge in [0.2, 0.25) is 0 Å². The monoisotopic (exact) mass is 264 g/mol. The van der Waals surface area contributed by atoms with E-state index in [4.69, 9.17) is 11.6 Å². The molecule has 1 aliphatic carbocycles. The van der Waals surface area contributed by atoms with Gasteiger partial charge < -0.3 is 5.32 Å². The minimum atomic E-state index is -4.43. The molecule has 7 heteroatoms. The molecule has 0 aromatic carbocycles. The van der Waals surface area contributed by atoms with E-state index in [0.717, 1.165) is 0 Å². The van der Waals surface area contributed by atoms with Gasteiger partial charge in [0.15, 0.2) is 0 Å². The molecule has 1 saturated carbocycles. The van der Waals surface area contributed by atoms with Crippen molar-refractivity contribution in [1.29, 1.82) is 0 Å². The van der Waals surface area contributed by atoms with E-state index in [1.54, 1.807) is 0 Å². The largest absolute Gasteiger partial charge is 0.411 e. The molecule has 1 aliphatic rings. The SMILES string of the molecule is O=C(NC1(C(F)(F)F)CC1)c1ccncc1Cl. The Morgan fingerprint density at radius 2 is 2.12 bits per heavy atom. The lowest BCUT2D eigenvalue weighted by atomic mass is 10.2. The molecule has 1 aromatic rings. The summed E-state index contributed by atoms with van der Waals surface area (Å²) < 4.78 is 37.8. The summed E-state index contributed by atoms with van der Waals surface area (Å²) in [6, 6.07) is 1.28. The van der Waals surface area contributed by atoms with E-state index < -0.39 is 17.6 Å². The molecule has 1 heterocycles. The van der Waals surface area contributed by atoms with Gasteiger partial charge in [0.25, 0.3) is 5.91 Å². The number of nitrogens with zero attached hydrogens (tertiary/aromatic N) is 1. The molecule has 1 amide bonds. The highest BCUT2D eigenvalue weighted by molar-refractivity contribution is 6.33. The van der Waals surface area contributed by atoms with Crippen molar-refractivity contribution in [2.45, 2.75) is 24.6 Å². The van der Waals surface area contributed by atoms with Gasteiger partial charge in [-0.25, -0.2) is 0 Å². The third-order valence-electron chi connectivity index (χ3n) is 2.66. The lowest BCUT2D eigenvalue weighted by Crippen LogP contribution is -2.47. The van der Waals surface area contributed by atoms with Crippen LogP contribution in [0, 0.1) is 0 Å². The number of amides is 1. The van der Waals surface area contributed by atoms with Crippen molar-refractivity contribution >= 4 is 17.5 Å². The number of hydrogen-bond donors (Lipinski definition) is 1. The number of carbonyl (C=O) groups excluding carboxylic acids is 1. The number of hydrogen-bond acceptors (Lipinski definition) is 2. The van der Waals surface area contributed by atoms with Crippen LogP contribution in [0.1, 0.15) is 23.2 Å². The third-order valence-corrected chi connectivity index (χ3v) is 2.96. The van der Waals surface area contributed by atoms with E-state index in [2.05, 4.69) is 4.98 Å². The number of alkyl halides is 3. The molecule has 3 nitrogen and oxygen atoms in total. The lowest BCUT2D eigenvalue weighted by molar-refractivity contribution is -0.163. The van der Waals surface area contributed by atoms with Crippen LogP contribution in [0.3, 0.4) is 0 Å². The zero-order chi connectivity index (χ0) is 12.7. The van der Waals surface area contributed by atoms with Crippen LogP contribution < -0.4 is 5.32 Å². The van der Waals surface area contributed by atoms with Gasteiger partial charge in [-0.05, 0) is 18.9 Å². The molecule has 0 radical (unpaired) electrons. The molecule has 1 fully saturated rings. The van der Waals surface area contributed by atoms with Crippen LogP contribution >= 0.6 is 11.6 Å². The Labute approximate surface area is 100.0 Å². The van der Waals surface area contributed by atoms with Crippen molar-refractivity contribution in [2.24, 2.45) is 0 Å². The fourth-order valence-corrected chi connectivity index (χ4v) is 1.65. The summed E-state index contributed by atoms with van der Waals surface area (Å²) in [6.07, 6.45) is -2.10. The predicted molar refractivity (Wildman–Crippen MR) is 54.7 cm³/mol. The Kier molecular flexibility index (Phi) is 2.77. The maximum Gasteiger partial charge on any atom is 0.411 e. The summed E-state index contributed by atoms with van der Waals surface area (Å²) in [5.74, 6) is -0.827. The third kappa shape index (κ3) is 2.22. The molecule has 17 heavy (non-hydrogen) atoms. The summed E-state index contributed by atoms with van der Waals surface area (Å²) in [5.41, 5.74) is -2.08. The van der Waals surface area contributed by atoms with Crippen LogP contribution in [-0.4, -0.2) is 22.6 Å². The van der Waals surface area contributed by atoms with E-state index in [1.165, 1.54) is 18.5 Å². The average molecular weight is 265 g/mol. The molecular formula is C10H8ClF3N2O. The average Bonchev–Trinajstić information content (AvgIpc) is 2.98. The molecule has 0 bridgehead atoms. The second-order valence-electron chi connectivity index (χ2n) is 3.89. The topological polar surface area (TPSA) is 42.0 Å². The molecule has 0 saturated heterocycles. The summed E-state index contributed by atoms with van der Waals surface area (Å²) >= 11 is 5.68. The van der Waals surface area contributed by atoms with Crippen LogP contribution in [0.2, 0.25) is 5.02 Å². The summed E-state index contributed by atoms with van der Waals surface area (Å²) in [4.78, 5) is 15.3. The van der Waals surface area contributed by atoms with E-state index in [9.17, 15) is 18.0 Å². The zero-order valence-electron chi connectivity index (χ0n) is 8.51. The van der Waals surface area contributed by atoms with Crippen molar-refractivity contribution in [1.82, 2.24) is 10.3 Å². The molecule has 2 rings (SSSR count). The minimum Gasteiger partial charge on any atom is -0.338 e. The van der Waals surface area contributed by atoms with Gasteiger partial charge in [-0.2, -0.15) is 13.2 Å². The molecule has 1 N–H and O–H groups in total. The zero-order valence-corrected chi connectivity index (χ0v) is 9.27. The Bertz CT molecular complexity index is 457. The molecule has 0 atom stereocenters. The minimum absolute atomic E-state index is 0.00260. The van der Waals surface area contributed by atoms with Gasteiger partial charge in [-0.1, -0.05) is 11.6 Å². The first kappa shape index (κ1) is 12.2. The Morgan fingerprint density at radius 1 is 1.47 bits per heavy atom. The molecular weight excluding hydrogens is 257 g/mol. The van der Waals surface area contributed by atoms with Crippen LogP contribution in [0.15, 0.2) is 18.5 Å². The van der Waals surface area contributed by atoms with Gasteiger partial charge in [-0.15, -0.1) is 0 Å². The van der Waals surface area contributed by atoms with Crippen LogP contribution in [0.5, 0.6) is 0 Å². The molecule has 92 valence electrons. The summed E-state index contributed by atoms with van der Waals surface area (Å²) in [6.45, 7) is 0. The van der Waals surface area contributed by atoms with E-state index >= 15 is 0 Å². The van der Waals surface area contributed by atoms with Crippen molar-refractivity contribution < 1.29 is 18.0 Å². The quantitative estimate of drug-likeness (QED) is 0.892. The maximum atomic E-state index is 12.6. The summed E-state index contributed by atoms with van der Waals surface area (Å²) in [7, 11) is 0. The molecule has 1 aromatic heterocycles. The highest BCUT2D eigenvalue weighted by Gasteiger charge is 2.64. The number of aromatic nitrogens is 1. The first-order chi connectivity index (χ1) is 7.86. The van der Waals surface area contributed by atoms with Crippen LogP contribution in [0.4, 0.5) is 13.2 Å². The number of rotatable bonds is 2. The fraction of sp³-hybridized carbons (Fsp3) is 0.400. The lowest BCUT2D eigenvalue weighted by Gasteiger charge is -2.20. The van der Waals surface area contributed by atoms with Gasteiger partial charge in [0, 0.05) is 12.4 Å². The van der Waals surface area contributed by atoms with E-state index in [-0.39, 0.29) is 23.4 Å².